The topological polar surface area (TPSA) is 66.7 Å². The summed E-state index contributed by atoms with van der Waals surface area (Å²) in [6.07, 6.45) is 1.99. The zero-order valence-electron chi connectivity index (χ0n) is 5.93. The molecule has 1 aromatic heterocycles. The van der Waals surface area contributed by atoms with Crippen LogP contribution in [0.5, 0.6) is 0 Å². The van der Waals surface area contributed by atoms with Gasteiger partial charge in [0.1, 0.15) is 0 Å². The fraction of sp³-hybridized carbons (Fsp3) is 0.400. The number of nitrogens with zero attached hydrogens (tertiary/aromatic N) is 1. The zero-order valence-corrected chi connectivity index (χ0v) is 6.75. The Hall–Kier alpha value is -0.680. The van der Waals surface area contributed by atoms with Crippen molar-refractivity contribution in [3.8, 4) is 0 Å². The van der Waals surface area contributed by atoms with E-state index < -0.39 is 0 Å². The van der Waals surface area contributed by atoms with E-state index in [0.29, 0.717) is 5.82 Å². The summed E-state index contributed by atoms with van der Waals surface area (Å²) in [5.74, 6) is 5.89. The highest BCUT2D eigenvalue weighted by Crippen LogP contribution is 2.21. The maximum Gasteiger partial charge on any atom is 0.165 e. The molecular formula is C5H10N4S. The van der Waals surface area contributed by atoms with Crippen molar-refractivity contribution >= 4 is 17.6 Å². The fourth-order valence-corrected chi connectivity index (χ4v) is 1.26. The number of anilines is 1. The van der Waals surface area contributed by atoms with E-state index in [1.54, 1.807) is 11.8 Å². The third kappa shape index (κ3) is 1.10. The molecule has 0 spiro atoms. The van der Waals surface area contributed by atoms with Crippen molar-refractivity contribution < 1.29 is 0 Å². The van der Waals surface area contributed by atoms with Crippen LogP contribution in [0.4, 0.5) is 5.82 Å². The van der Waals surface area contributed by atoms with Crippen LogP contribution in [0.15, 0.2) is 5.03 Å². The second kappa shape index (κ2) is 2.94. The molecule has 0 aliphatic heterocycles. The second-order valence-corrected chi connectivity index (χ2v) is 2.69. The van der Waals surface area contributed by atoms with E-state index in [4.69, 9.17) is 5.84 Å². The number of thioether (sulfide) groups is 1. The maximum atomic E-state index is 5.18. The van der Waals surface area contributed by atoms with E-state index in [2.05, 4.69) is 15.6 Å². The first-order valence-electron chi connectivity index (χ1n) is 2.85. The standard InChI is InChI=1S/C5H10N4S/c1-3-4(7-6)8-9-5(3)10-2/h6H2,1-2H3,(H2,7,8,9). The Kier molecular flexibility index (Phi) is 2.18. The molecule has 56 valence electrons. The van der Waals surface area contributed by atoms with E-state index in [9.17, 15) is 0 Å². The lowest BCUT2D eigenvalue weighted by atomic mass is 10.4. The zero-order chi connectivity index (χ0) is 7.56. The van der Waals surface area contributed by atoms with Crippen molar-refractivity contribution in [2.75, 3.05) is 11.7 Å². The molecule has 0 amide bonds. The molecule has 4 nitrogen and oxygen atoms in total. The van der Waals surface area contributed by atoms with Gasteiger partial charge in [0.25, 0.3) is 0 Å². The predicted octanol–water partition coefficient (Wildman–Crippen LogP) is 0.726. The Morgan fingerprint density at radius 3 is 2.70 bits per heavy atom. The molecule has 0 saturated carbocycles. The summed E-state index contributed by atoms with van der Waals surface area (Å²) in [4.78, 5) is 0. The van der Waals surface area contributed by atoms with Gasteiger partial charge in [-0.25, -0.2) is 5.84 Å². The Bertz CT molecular complexity index is 198. The van der Waals surface area contributed by atoms with Gasteiger partial charge < -0.3 is 5.43 Å². The van der Waals surface area contributed by atoms with Gasteiger partial charge in [-0.2, -0.15) is 5.10 Å². The van der Waals surface area contributed by atoms with Crippen molar-refractivity contribution in [1.82, 2.24) is 10.2 Å². The summed E-state index contributed by atoms with van der Waals surface area (Å²) < 4.78 is 0. The molecule has 0 bridgehead atoms. The van der Waals surface area contributed by atoms with Crippen LogP contribution in [0.1, 0.15) is 5.56 Å². The molecular weight excluding hydrogens is 148 g/mol. The van der Waals surface area contributed by atoms with Crippen molar-refractivity contribution in [3.63, 3.8) is 0 Å². The molecule has 0 radical (unpaired) electrons. The van der Waals surface area contributed by atoms with Crippen molar-refractivity contribution in [3.05, 3.63) is 5.56 Å². The molecule has 0 unspecified atom stereocenters. The normalized spacial score (nSPS) is 9.90. The molecule has 0 fully saturated rings. The van der Waals surface area contributed by atoms with Crippen LogP contribution in [0, 0.1) is 6.92 Å². The monoisotopic (exact) mass is 158 g/mol. The third-order valence-electron chi connectivity index (χ3n) is 1.31. The molecule has 0 saturated heterocycles. The van der Waals surface area contributed by atoms with Gasteiger partial charge in [-0.15, -0.1) is 11.8 Å². The number of hydrogen-bond acceptors (Lipinski definition) is 4. The van der Waals surface area contributed by atoms with Crippen LogP contribution in [0.3, 0.4) is 0 Å². The van der Waals surface area contributed by atoms with E-state index >= 15 is 0 Å². The number of hydrazine groups is 1. The van der Waals surface area contributed by atoms with Gasteiger partial charge in [0, 0.05) is 5.56 Å². The third-order valence-corrected chi connectivity index (χ3v) is 2.11. The molecule has 0 aliphatic rings. The van der Waals surface area contributed by atoms with Gasteiger partial charge in [0.05, 0.1) is 5.03 Å². The number of H-pyrrole nitrogens is 1. The van der Waals surface area contributed by atoms with Crippen LogP contribution >= 0.6 is 11.8 Å². The Morgan fingerprint density at radius 1 is 1.70 bits per heavy atom. The van der Waals surface area contributed by atoms with Crippen LogP contribution in [0.2, 0.25) is 0 Å². The van der Waals surface area contributed by atoms with Gasteiger partial charge in [-0.3, -0.25) is 5.10 Å². The molecule has 0 atom stereocenters. The van der Waals surface area contributed by atoms with Gasteiger partial charge >= 0.3 is 0 Å². The first-order chi connectivity index (χ1) is 4.79. The average molecular weight is 158 g/mol. The van der Waals surface area contributed by atoms with E-state index in [1.807, 2.05) is 13.2 Å². The summed E-state index contributed by atoms with van der Waals surface area (Å²) in [5, 5.41) is 7.82. The number of rotatable bonds is 2. The van der Waals surface area contributed by atoms with Crippen LogP contribution in [-0.2, 0) is 0 Å². The van der Waals surface area contributed by atoms with E-state index in [-0.39, 0.29) is 0 Å². The summed E-state index contributed by atoms with van der Waals surface area (Å²) in [6.45, 7) is 1.96. The van der Waals surface area contributed by atoms with Crippen molar-refractivity contribution in [2.24, 2.45) is 5.84 Å². The lowest BCUT2D eigenvalue weighted by molar-refractivity contribution is 0.997. The number of nitrogens with one attached hydrogen (secondary N) is 2. The van der Waals surface area contributed by atoms with Crippen LogP contribution in [-0.4, -0.2) is 16.5 Å². The predicted molar refractivity (Wildman–Crippen MR) is 42.9 cm³/mol. The minimum Gasteiger partial charge on any atom is -0.307 e. The lowest BCUT2D eigenvalue weighted by Gasteiger charge is -1.93. The minimum atomic E-state index is 0.712. The summed E-state index contributed by atoms with van der Waals surface area (Å²) in [6, 6.07) is 0. The first kappa shape index (κ1) is 7.43. The molecule has 1 rings (SSSR count). The van der Waals surface area contributed by atoms with Gasteiger partial charge in [-0.05, 0) is 13.2 Å². The first-order valence-corrected chi connectivity index (χ1v) is 4.07. The van der Waals surface area contributed by atoms with Gasteiger partial charge in [0.15, 0.2) is 5.82 Å². The van der Waals surface area contributed by atoms with Crippen molar-refractivity contribution in [2.45, 2.75) is 11.9 Å². The average Bonchev–Trinajstić information content (AvgIpc) is 2.30. The molecule has 5 heteroatoms. The highest BCUT2D eigenvalue weighted by Gasteiger charge is 2.04. The van der Waals surface area contributed by atoms with Gasteiger partial charge in [-0.1, -0.05) is 0 Å². The Balaban J connectivity index is 2.97. The Labute approximate surface area is 63.5 Å². The largest absolute Gasteiger partial charge is 0.307 e. The molecule has 1 aromatic rings. The lowest BCUT2D eigenvalue weighted by Crippen LogP contribution is -2.07. The molecule has 4 N–H and O–H groups in total. The molecule has 1 heterocycles. The molecule has 10 heavy (non-hydrogen) atoms. The summed E-state index contributed by atoms with van der Waals surface area (Å²) in [7, 11) is 0. The number of nitrogen functional groups attached to an aromatic ring is 1. The summed E-state index contributed by atoms with van der Waals surface area (Å²) in [5.41, 5.74) is 3.56. The molecule has 0 aromatic carbocycles. The fourth-order valence-electron chi connectivity index (χ4n) is 0.721. The second-order valence-electron chi connectivity index (χ2n) is 1.87. The molecule has 0 aliphatic carbocycles. The minimum absolute atomic E-state index is 0.712. The Morgan fingerprint density at radius 2 is 2.40 bits per heavy atom. The van der Waals surface area contributed by atoms with Crippen LogP contribution < -0.4 is 11.3 Å². The van der Waals surface area contributed by atoms with E-state index in [0.717, 1.165) is 10.6 Å². The quantitative estimate of drug-likeness (QED) is 0.337. The van der Waals surface area contributed by atoms with Crippen LogP contribution in [0.25, 0.3) is 0 Å². The van der Waals surface area contributed by atoms with Crippen molar-refractivity contribution in [1.29, 1.82) is 0 Å². The highest BCUT2D eigenvalue weighted by molar-refractivity contribution is 7.98. The highest BCUT2D eigenvalue weighted by atomic mass is 32.2. The van der Waals surface area contributed by atoms with E-state index in [1.165, 1.54) is 0 Å². The van der Waals surface area contributed by atoms with Gasteiger partial charge in [0.2, 0.25) is 0 Å². The number of aromatic amines is 1. The maximum absolute atomic E-state index is 5.18. The number of hydrogen-bond donors (Lipinski definition) is 3. The SMILES string of the molecule is CSc1[nH]nc(NN)c1C. The smallest absolute Gasteiger partial charge is 0.165 e. The summed E-state index contributed by atoms with van der Waals surface area (Å²) >= 11 is 1.62. The number of nitrogens with two attached hydrogens (primary N) is 1. The number of aromatic nitrogens is 2.